The van der Waals surface area contributed by atoms with E-state index in [1.807, 2.05) is 61.6 Å². The van der Waals surface area contributed by atoms with E-state index in [-0.39, 0.29) is 5.69 Å². The second-order valence-electron chi connectivity index (χ2n) is 5.18. The lowest BCUT2D eigenvalue weighted by Crippen LogP contribution is -2.09. The first-order valence-corrected chi connectivity index (χ1v) is 7.67. The fourth-order valence-corrected chi connectivity index (χ4v) is 2.42. The number of nitrogens with zero attached hydrogens (tertiary/aromatic N) is 3. The van der Waals surface area contributed by atoms with Gasteiger partial charge in [0.15, 0.2) is 5.69 Å². The van der Waals surface area contributed by atoms with E-state index < -0.39 is 5.97 Å². The third kappa shape index (κ3) is 3.12. The number of hydrogen-bond acceptors (Lipinski definition) is 5. The first-order chi connectivity index (χ1) is 11.7. The maximum atomic E-state index is 11.9. The Labute approximate surface area is 140 Å². The van der Waals surface area contributed by atoms with Crippen molar-refractivity contribution in [1.29, 1.82) is 0 Å². The van der Waals surface area contributed by atoms with Gasteiger partial charge < -0.3 is 9.64 Å². The number of esters is 1. The zero-order valence-electron chi connectivity index (χ0n) is 13.6. The van der Waals surface area contributed by atoms with Crippen LogP contribution in [0.3, 0.4) is 0 Å². The van der Waals surface area contributed by atoms with E-state index in [9.17, 15) is 4.79 Å². The van der Waals surface area contributed by atoms with Crippen molar-refractivity contribution in [3.63, 3.8) is 0 Å². The second-order valence-corrected chi connectivity index (χ2v) is 5.18. The van der Waals surface area contributed by atoms with Gasteiger partial charge in [-0.1, -0.05) is 30.3 Å². The predicted octanol–water partition coefficient (Wildman–Crippen LogP) is 3.42. The number of rotatable bonds is 5. The lowest BCUT2D eigenvalue weighted by atomic mass is 10.1. The van der Waals surface area contributed by atoms with Gasteiger partial charge in [-0.3, -0.25) is 0 Å². The van der Waals surface area contributed by atoms with Gasteiger partial charge in [-0.2, -0.15) is 10.3 Å². The molecular formula is C18H18N4O2. The first kappa shape index (κ1) is 15.7. The van der Waals surface area contributed by atoms with Crippen LogP contribution in [-0.4, -0.2) is 35.0 Å². The molecule has 0 unspecified atom stereocenters. The van der Waals surface area contributed by atoms with Crippen molar-refractivity contribution in [3.05, 3.63) is 60.3 Å². The molecule has 1 heterocycles. The number of hydrogen-bond donors (Lipinski definition) is 1. The number of anilines is 2. The van der Waals surface area contributed by atoms with Crippen LogP contribution in [0.5, 0.6) is 0 Å². The van der Waals surface area contributed by atoms with Gasteiger partial charge in [-0.05, 0) is 31.2 Å². The van der Waals surface area contributed by atoms with Crippen molar-refractivity contribution in [3.8, 4) is 11.3 Å². The molecule has 1 aromatic heterocycles. The highest BCUT2D eigenvalue weighted by Crippen LogP contribution is 2.27. The standard InChI is InChI=1S/C18H18N4O2/c1-3-24-18(23)17-16(19-21-20-17)13-9-11-15(12-10-13)22(2)14-7-5-4-6-8-14/h4-12H,3H2,1-2H3,(H,19,20,21). The minimum absolute atomic E-state index is 0.195. The largest absolute Gasteiger partial charge is 0.461 e. The Balaban J connectivity index is 1.86. The average Bonchev–Trinajstić information content (AvgIpc) is 3.12. The number of para-hydroxylation sites is 1. The van der Waals surface area contributed by atoms with Gasteiger partial charge in [0.05, 0.1) is 6.61 Å². The zero-order chi connectivity index (χ0) is 16.9. The van der Waals surface area contributed by atoms with Crippen LogP contribution in [0.2, 0.25) is 0 Å². The Bertz CT molecular complexity index is 813. The first-order valence-electron chi connectivity index (χ1n) is 7.67. The van der Waals surface area contributed by atoms with Crippen LogP contribution in [0.25, 0.3) is 11.3 Å². The summed E-state index contributed by atoms with van der Waals surface area (Å²) in [4.78, 5) is 14.0. The summed E-state index contributed by atoms with van der Waals surface area (Å²) >= 11 is 0. The third-order valence-corrected chi connectivity index (χ3v) is 3.69. The van der Waals surface area contributed by atoms with Gasteiger partial charge in [-0.15, -0.1) is 5.10 Å². The normalized spacial score (nSPS) is 10.4. The van der Waals surface area contributed by atoms with E-state index in [0.717, 1.165) is 16.9 Å². The number of aromatic amines is 1. The molecule has 24 heavy (non-hydrogen) atoms. The number of carbonyl (C=O) groups is 1. The lowest BCUT2D eigenvalue weighted by molar-refractivity contribution is 0.0520. The fourth-order valence-electron chi connectivity index (χ4n) is 2.42. The van der Waals surface area contributed by atoms with Crippen molar-refractivity contribution in [2.75, 3.05) is 18.6 Å². The van der Waals surface area contributed by atoms with Crippen molar-refractivity contribution in [2.45, 2.75) is 6.92 Å². The molecule has 0 bridgehead atoms. The summed E-state index contributed by atoms with van der Waals surface area (Å²) in [5, 5.41) is 10.5. The van der Waals surface area contributed by atoms with Crippen molar-refractivity contribution >= 4 is 17.3 Å². The molecular weight excluding hydrogens is 304 g/mol. The van der Waals surface area contributed by atoms with E-state index in [4.69, 9.17) is 4.74 Å². The minimum Gasteiger partial charge on any atom is -0.461 e. The van der Waals surface area contributed by atoms with Crippen LogP contribution >= 0.6 is 0 Å². The smallest absolute Gasteiger partial charge is 0.361 e. The number of nitrogens with one attached hydrogen (secondary N) is 1. The number of benzene rings is 2. The second kappa shape index (κ2) is 6.95. The van der Waals surface area contributed by atoms with Gasteiger partial charge in [0.2, 0.25) is 0 Å². The van der Waals surface area contributed by atoms with Gasteiger partial charge in [0.1, 0.15) is 5.69 Å². The molecule has 6 heteroatoms. The molecule has 0 aliphatic heterocycles. The number of ether oxygens (including phenoxy) is 1. The summed E-state index contributed by atoms with van der Waals surface area (Å²) < 4.78 is 5.00. The zero-order valence-corrected chi connectivity index (χ0v) is 13.6. The molecule has 3 aromatic rings. The highest BCUT2D eigenvalue weighted by molar-refractivity contribution is 5.94. The highest BCUT2D eigenvalue weighted by atomic mass is 16.5. The van der Waals surface area contributed by atoms with Crippen LogP contribution in [0.1, 0.15) is 17.4 Å². The van der Waals surface area contributed by atoms with Gasteiger partial charge >= 0.3 is 5.97 Å². The lowest BCUT2D eigenvalue weighted by Gasteiger charge is -2.19. The van der Waals surface area contributed by atoms with Crippen LogP contribution < -0.4 is 4.90 Å². The Morgan fingerprint density at radius 1 is 1.04 bits per heavy atom. The maximum absolute atomic E-state index is 11.9. The SMILES string of the molecule is CCOC(=O)c1n[nH]nc1-c1ccc(N(C)c2ccccc2)cc1. The topological polar surface area (TPSA) is 71.1 Å². The maximum Gasteiger partial charge on any atom is 0.361 e. The van der Waals surface area contributed by atoms with Crippen molar-refractivity contribution in [1.82, 2.24) is 15.4 Å². The highest BCUT2D eigenvalue weighted by Gasteiger charge is 2.19. The Morgan fingerprint density at radius 2 is 1.71 bits per heavy atom. The summed E-state index contributed by atoms with van der Waals surface area (Å²) in [6.45, 7) is 2.05. The minimum atomic E-state index is -0.480. The Hall–Kier alpha value is -3.15. The Kier molecular flexibility index (Phi) is 4.56. The average molecular weight is 322 g/mol. The van der Waals surface area contributed by atoms with E-state index in [2.05, 4.69) is 20.3 Å². The van der Waals surface area contributed by atoms with Gasteiger partial charge in [0, 0.05) is 24.0 Å². The van der Waals surface area contributed by atoms with Gasteiger partial charge in [0.25, 0.3) is 0 Å². The number of H-pyrrole nitrogens is 1. The quantitative estimate of drug-likeness (QED) is 0.729. The number of carbonyl (C=O) groups excluding carboxylic acids is 1. The molecule has 1 N–H and O–H groups in total. The van der Waals surface area contributed by atoms with Crippen LogP contribution in [-0.2, 0) is 4.74 Å². The van der Waals surface area contributed by atoms with Gasteiger partial charge in [-0.25, -0.2) is 4.79 Å². The summed E-state index contributed by atoms with van der Waals surface area (Å²) in [5.74, 6) is -0.480. The molecule has 0 aliphatic carbocycles. The molecule has 6 nitrogen and oxygen atoms in total. The van der Waals surface area contributed by atoms with E-state index in [0.29, 0.717) is 12.3 Å². The van der Waals surface area contributed by atoms with Crippen LogP contribution in [0.4, 0.5) is 11.4 Å². The summed E-state index contributed by atoms with van der Waals surface area (Å²) in [7, 11) is 2.00. The predicted molar refractivity (Wildman–Crippen MR) is 92.3 cm³/mol. The molecule has 0 radical (unpaired) electrons. The van der Waals surface area contributed by atoms with E-state index in [1.165, 1.54) is 0 Å². The molecule has 0 amide bonds. The monoisotopic (exact) mass is 322 g/mol. The third-order valence-electron chi connectivity index (χ3n) is 3.69. The van der Waals surface area contributed by atoms with Crippen molar-refractivity contribution < 1.29 is 9.53 Å². The van der Waals surface area contributed by atoms with Crippen LogP contribution in [0.15, 0.2) is 54.6 Å². The summed E-state index contributed by atoms with van der Waals surface area (Å²) in [6, 6.07) is 17.9. The fraction of sp³-hybridized carbons (Fsp3) is 0.167. The number of aromatic nitrogens is 3. The molecule has 0 aliphatic rings. The van der Waals surface area contributed by atoms with Crippen molar-refractivity contribution in [2.24, 2.45) is 0 Å². The van der Waals surface area contributed by atoms with E-state index >= 15 is 0 Å². The molecule has 2 aromatic carbocycles. The molecule has 0 fully saturated rings. The Morgan fingerprint density at radius 3 is 2.38 bits per heavy atom. The molecule has 122 valence electrons. The van der Waals surface area contributed by atoms with E-state index in [1.54, 1.807) is 6.92 Å². The molecule has 0 saturated heterocycles. The molecule has 0 spiro atoms. The van der Waals surface area contributed by atoms with Crippen LogP contribution in [0, 0.1) is 0 Å². The molecule has 3 rings (SSSR count). The summed E-state index contributed by atoms with van der Waals surface area (Å²) in [5.41, 5.74) is 3.62. The molecule has 0 atom stereocenters. The molecule has 0 saturated carbocycles. The summed E-state index contributed by atoms with van der Waals surface area (Å²) in [6.07, 6.45) is 0.